The second kappa shape index (κ2) is 3.19. The maximum absolute atomic E-state index is 5.23. The fourth-order valence-electron chi connectivity index (χ4n) is 1.42. The fraction of sp³-hybridized carbons (Fsp3) is 0.800. The van der Waals surface area contributed by atoms with Gasteiger partial charge in [-0.05, 0) is 33.0 Å². The summed E-state index contributed by atoms with van der Waals surface area (Å²) in [6.45, 7) is 12.8. The van der Waals surface area contributed by atoms with Gasteiger partial charge in [0.05, 0.1) is 0 Å². The lowest BCUT2D eigenvalue weighted by Crippen LogP contribution is -2.29. The van der Waals surface area contributed by atoms with Crippen LogP contribution in [0.5, 0.6) is 0 Å². The number of nitrogens with one attached hydrogen (secondary N) is 1. The van der Waals surface area contributed by atoms with Gasteiger partial charge in [-0.15, -0.1) is 0 Å². The minimum atomic E-state index is -0.0211. The highest BCUT2D eigenvalue weighted by atomic mass is 32.1. The highest BCUT2D eigenvalue weighted by Crippen LogP contribution is 2.25. The first-order valence-electron chi connectivity index (χ1n) is 4.82. The van der Waals surface area contributed by atoms with E-state index >= 15 is 0 Å². The lowest BCUT2D eigenvalue weighted by Gasteiger charge is -2.27. The number of rotatable bonds is 0. The molecule has 0 aliphatic rings. The van der Waals surface area contributed by atoms with Gasteiger partial charge in [-0.1, -0.05) is 20.8 Å². The number of nitrogens with zero attached hydrogens (tertiary/aromatic N) is 2. The lowest BCUT2D eigenvalue weighted by molar-refractivity contribution is 0.350. The molecule has 0 unspecified atom stereocenters. The molecule has 0 spiro atoms. The molecule has 0 amide bonds. The molecule has 1 aromatic rings. The monoisotopic (exact) mass is 213 g/mol. The molecule has 0 fully saturated rings. The zero-order chi connectivity index (χ0) is 11.1. The summed E-state index contributed by atoms with van der Waals surface area (Å²) in [6, 6.07) is 0. The van der Waals surface area contributed by atoms with Crippen LogP contribution >= 0.6 is 12.2 Å². The number of H-pyrrole nitrogens is 1. The SMILES string of the molecule is CC(C)(C)c1n[nH]c(=S)n1C(C)(C)C. The summed E-state index contributed by atoms with van der Waals surface area (Å²) in [5.74, 6) is 1.01. The Morgan fingerprint density at radius 3 is 1.93 bits per heavy atom. The average Bonchev–Trinajstić information content (AvgIpc) is 2.27. The van der Waals surface area contributed by atoms with E-state index in [0.717, 1.165) is 5.82 Å². The van der Waals surface area contributed by atoms with Gasteiger partial charge >= 0.3 is 0 Å². The van der Waals surface area contributed by atoms with Gasteiger partial charge < -0.3 is 0 Å². The van der Waals surface area contributed by atoms with E-state index in [4.69, 9.17) is 12.2 Å². The Labute approximate surface area is 90.5 Å². The van der Waals surface area contributed by atoms with Crippen molar-refractivity contribution >= 4 is 12.2 Å². The number of hydrogen-bond donors (Lipinski definition) is 1. The first kappa shape index (κ1) is 11.4. The van der Waals surface area contributed by atoms with E-state index < -0.39 is 0 Å². The molecule has 0 radical (unpaired) electrons. The minimum absolute atomic E-state index is 0.0147. The maximum atomic E-state index is 5.23. The van der Waals surface area contributed by atoms with Crippen LogP contribution in [-0.2, 0) is 11.0 Å². The van der Waals surface area contributed by atoms with Crippen molar-refractivity contribution in [1.29, 1.82) is 0 Å². The summed E-state index contributed by atoms with van der Waals surface area (Å²) < 4.78 is 2.78. The van der Waals surface area contributed by atoms with Crippen LogP contribution in [0.3, 0.4) is 0 Å². The molecule has 80 valence electrons. The topological polar surface area (TPSA) is 33.6 Å². The van der Waals surface area contributed by atoms with E-state index in [2.05, 4.69) is 56.3 Å². The maximum Gasteiger partial charge on any atom is 0.195 e. The Hall–Kier alpha value is -0.640. The molecule has 0 atom stereocenters. The number of hydrogen-bond acceptors (Lipinski definition) is 2. The lowest BCUT2D eigenvalue weighted by atomic mass is 9.94. The van der Waals surface area contributed by atoms with E-state index in [1.165, 1.54) is 0 Å². The van der Waals surface area contributed by atoms with Crippen molar-refractivity contribution in [1.82, 2.24) is 14.8 Å². The number of aromatic amines is 1. The van der Waals surface area contributed by atoms with Crippen molar-refractivity contribution < 1.29 is 0 Å². The molecule has 14 heavy (non-hydrogen) atoms. The standard InChI is InChI=1S/C10H19N3S/c1-9(2,3)7-11-12-8(14)13(7)10(4,5)6/h1-6H3,(H,12,14). The number of aromatic nitrogens is 3. The molecule has 1 N–H and O–H groups in total. The Bertz CT molecular complexity index is 373. The van der Waals surface area contributed by atoms with E-state index in [-0.39, 0.29) is 11.0 Å². The molecule has 1 heterocycles. The smallest absolute Gasteiger partial charge is 0.195 e. The molecule has 0 bridgehead atoms. The fourth-order valence-corrected chi connectivity index (χ4v) is 1.83. The molecule has 0 aliphatic carbocycles. The van der Waals surface area contributed by atoms with E-state index in [0.29, 0.717) is 4.77 Å². The summed E-state index contributed by atoms with van der Waals surface area (Å²) in [5, 5.41) is 7.17. The highest BCUT2D eigenvalue weighted by molar-refractivity contribution is 7.71. The largest absolute Gasteiger partial charge is 0.298 e. The van der Waals surface area contributed by atoms with Crippen molar-refractivity contribution in [3.05, 3.63) is 10.6 Å². The molecule has 0 saturated carbocycles. The normalized spacial score (nSPS) is 13.3. The molecule has 0 aliphatic heterocycles. The third-order valence-electron chi connectivity index (χ3n) is 2.01. The van der Waals surface area contributed by atoms with E-state index in [1.807, 2.05) is 0 Å². The van der Waals surface area contributed by atoms with Crippen LogP contribution in [0.25, 0.3) is 0 Å². The molecular formula is C10H19N3S. The van der Waals surface area contributed by atoms with Gasteiger partial charge in [0.25, 0.3) is 0 Å². The molecule has 3 nitrogen and oxygen atoms in total. The van der Waals surface area contributed by atoms with E-state index in [9.17, 15) is 0 Å². The Balaban J connectivity index is 3.43. The molecule has 1 rings (SSSR count). The highest BCUT2D eigenvalue weighted by Gasteiger charge is 2.27. The van der Waals surface area contributed by atoms with Gasteiger partial charge in [0.15, 0.2) is 4.77 Å². The van der Waals surface area contributed by atoms with Crippen molar-refractivity contribution in [2.75, 3.05) is 0 Å². The first-order valence-corrected chi connectivity index (χ1v) is 5.23. The second-order valence-corrected chi connectivity index (χ2v) is 6.00. The van der Waals surface area contributed by atoms with Crippen LogP contribution in [0.15, 0.2) is 0 Å². The minimum Gasteiger partial charge on any atom is -0.298 e. The van der Waals surface area contributed by atoms with Gasteiger partial charge in [-0.3, -0.25) is 9.67 Å². The van der Waals surface area contributed by atoms with Crippen molar-refractivity contribution in [2.24, 2.45) is 0 Å². The Kier molecular flexibility index (Phi) is 2.61. The Morgan fingerprint density at radius 1 is 1.14 bits per heavy atom. The second-order valence-electron chi connectivity index (χ2n) is 5.61. The molecule has 0 aromatic carbocycles. The van der Waals surface area contributed by atoms with Crippen molar-refractivity contribution in [3.63, 3.8) is 0 Å². The summed E-state index contributed by atoms with van der Waals surface area (Å²) in [6.07, 6.45) is 0. The van der Waals surface area contributed by atoms with Gasteiger partial charge in [-0.2, -0.15) is 5.10 Å². The van der Waals surface area contributed by atoms with Crippen LogP contribution in [0.1, 0.15) is 47.4 Å². The first-order chi connectivity index (χ1) is 6.14. The predicted octanol–water partition coefficient (Wildman–Crippen LogP) is 2.99. The average molecular weight is 213 g/mol. The van der Waals surface area contributed by atoms with Gasteiger partial charge in [-0.25, -0.2) is 0 Å². The molecular weight excluding hydrogens is 194 g/mol. The van der Waals surface area contributed by atoms with Gasteiger partial charge in [0.1, 0.15) is 5.82 Å². The van der Waals surface area contributed by atoms with Crippen LogP contribution in [0.2, 0.25) is 0 Å². The predicted molar refractivity (Wildman–Crippen MR) is 61.1 cm³/mol. The summed E-state index contributed by atoms with van der Waals surface area (Å²) >= 11 is 5.23. The quantitative estimate of drug-likeness (QED) is 0.672. The van der Waals surface area contributed by atoms with Crippen LogP contribution < -0.4 is 0 Å². The van der Waals surface area contributed by atoms with Crippen LogP contribution in [0, 0.1) is 4.77 Å². The third-order valence-corrected chi connectivity index (χ3v) is 2.29. The van der Waals surface area contributed by atoms with Gasteiger partial charge in [0, 0.05) is 11.0 Å². The summed E-state index contributed by atoms with van der Waals surface area (Å²) in [4.78, 5) is 0. The van der Waals surface area contributed by atoms with Crippen molar-refractivity contribution in [2.45, 2.75) is 52.5 Å². The summed E-state index contributed by atoms with van der Waals surface area (Å²) in [7, 11) is 0. The Morgan fingerprint density at radius 2 is 1.64 bits per heavy atom. The third kappa shape index (κ3) is 2.05. The van der Waals surface area contributed by atoms with Crippen LogP contribution in [0.4, 0.5) is 0 Å². The zero-order valence-corrected chi connectivity index (χ0v) is 10.6. The van der Waals surface area contributed by atoms with Crippen LogP contribution in [-0.4, -0.2) is 14.8 Å². The zero-order valence-electron chi connectivity index (χ0n) is 9.80. The molecule has 0 saturated heterocycles. The molecule has 4 heteroatoms. The van der Waals surface area contributed by atoms with Gasteiger partial charge in [0.2, 0.25) is 0 Å². The van der Waals surface area contributed by atoms with E-state index in [1.54, 1.807) is 0 Å². The molecule has 1 aromatic heterocycles. The van der Waals surface area contributed by atoms with Crippen molar-refractivity contribution in [3.8, 4) is 0 Å². The summed E-state index contributed by atoms with van der Waals surface area (Å²) in [5.41, 5.74) is -0.00641.